The number of nitrogens with zero attached hydrogens (tertiary/aromatic N) is 2. The van der Waals surface area contributed by atoms with Crippen LogP contribution in [0.5, 0.6) is 0 Å². The van der Waals surface area contributed by atoms with Crippen molar-refractivity contribution < 1.29 is 0 Å². The Balaban J connectivity index is 2.47. The second-order valence-electron chi connectivity index (χ2n) is 2.89. The van der Waals surface area contributed by atoms with E-state index in [1.165, 1.54) is 0 Å². The van der Waals surface area contributed by atoms with E-state index in [1.54, 1.807) is 18.5 Å². The van der Waals surface area contributed by atoms with Crippen molar-refractivity contribution in [3.8, 4) is 11.4 Å². The van der Waals surface area contributed by atoms with Crippen LogP contribution in [0.1, 0.15) is 5.56 Å². The molecule has 2 aromatic rings. The zero-order valence-electron chi connectivity index (χ0n) is 7.72. The molecule has 0 aliphatic heterocycles. The topological polar surface area (TPSA) is 25.8 Å². The second kappa shape index (κ2) is 3.83. The van der Waals surface area contributed by atoms with Crippen molar-refractivity contribution in [1.82, 2.24) is 9.97 Å². The third-order valence-electron chi connectivity index (χ3n) is 1.95. The molecule has 2 nitrogen and oxygen atoms in total. The summed E-state index contributed by atoms with van der Waals surface area (Å²) in [7, 11) is 0. The van der Waals surface area contributed by atoms with Gasteiger partial charge in [0.2, 0.25) is 0 Å². The molecule has 0 N–H and O–H groups in total. The van der Waals surface area contributed by atoms with E-state index in [0.29, 0.717) is 0 Å². The maximum atomic E-state index is 4.25. The van der Waals surface area contributed by atoms with Crippen LogP contribution in [-0.4, -0.2) is 9.97 Å². The van der Waals surface area contributed by atoms with Gasteiger partial charge in [-0.1, -0.05) is 18.7 Å². The predicted octanol–water partition coefficient (Wildman–Crippen LogP) is 2.79. The number of rotatable bonds is 2. The van der Waals surface area contributed by atoms with Gasteiger partial charge in [-0.15, -0.1) is 0 Å². The van der Waals surface area contributed by atoms with Gasteiger partial charge in [0.1, 0.15) is 0 Å². The van der Waals surface area contributed by atoms with E-state index in [-0.39, 0.29) is 0 Å². The fourth-order valence-electron chi connectivity index (χ4n) is 1.23. The fourth-order valence-corrected chi connectivity index (χ4v) is 1.23. The molecule has 0 bridgehead atoms. The third-order valence-corrected chi connectivity index (χ3v) is 1.95. The maximum Gasteiger partial charge on any atom is 0.0892 e. The zero-order valence-corrected chi connectivity index (χ0v) is 7.72. The predicted molar refractivity (Wildman–Crippen MR) is 57.6 cm³/mol. The minimum absolute atomic E-state index is 0.878. The Morgan fingerprint density at radius 2 is 1.86 bits per heavy atom. The molecule has 0 amide bonds. The molecule has 0 unspecified atom stereocenters. The van der Waals surface area contributed by atoms with Crippen LogP contribution in [0.3, 0.4) is 0 Å². The van der Waals surface area contributed by atoms with Crippen molar-refractivity contribution in [1.29, 1.82) is 0 Å². The Morgan fingerprint density at radius 1 is 1.00 bits per heavy atom. The molecule has 2 heterocycles. The Hall–Kier alpha value is -1.96. The van der Waals surface area contributed by atoms with Gasteiger partial charge in [-0.25, -0.2) is 0 Å². The van der Waals surface area contributed by atoms with Crippen molar-refractivity contribution in [2.75, 3.05) is 0 Å². The van der Waals surface area contributed by atoms with Gasteiger partial charge in [-0.05, 0) is 29.8 Å². The minimum Gasteiger partial charge on any atom is -0.255 e. The molecule has 0 saturated heterocycles. The van der Waals surface area contributed by atoms with Crippen LogP contribution in [0.4, 0.5) is 0 Å². The number of pyridine rings is 2. The zero-order chi connectivity index (χ0) is 9.80. The van der Waals surface area contributed by atoms with Gasteiger partial charge in [-0.2, -0.15) is 0 Å². The van der Waals surface area contributed by atoms with Gasteiger partial charge in [0.15, 0.2) is 0 Å². The molecule has 2 heteroatoms. The molecule has 14 heavy (non-hydrogen) atoms. The molecular weight excluding hydrogens is 172 g/mol. The van der Waals surface area contributed by atoms with E-state index >= 15 is 0 Å². The molecule has 0 aliphatic rings. The highest BCUT2D eigenvalue weighted by Crippen LogP contribution is 2.14. The van der Waals surface area contributed by atoms with Crippen LogP contribution < -0.4 is 0 Å². The van der Waals surface area contributed by atoms with Crippen LogP contribution in [0.2, 0.25) is 0 Å². The summed E-state index contributed by atoms with van der Waals surface area (Å²) in [6, 6.07) is 9.66. The Kier molecular flexibility index (Phi) is 2.36. The van der Waals surface area contributed by atoms with Crippen LogP contribution in [0.15, 0.2) is 49.3 Å². The normalized spacial score (nSPS) is 9.71. The average Bonchev–Trinajstić information content (AvgIpc) is 2.30. The average molecular weight is 182 g/mol. The summed E-state index contributed by atoms with van der Waals surface area (Å²) in [6.45, 7) is 3.72. The van der Waals surface area contributed by atoms with Gasteiger partial charge >= 0.3 is 0 Å². The van der Waals surface area contributed by atoms with Gasteiger partial charge in [0.05, 0.1) is 11.4 Å². The smallest absolute Gasteiger partial charge is 0.0892 e. The van der Waals surface area contributed by atoms with Crippen molar-refractivity contribution >= 4 is 6.08 Å². The Labute approximate surface area is 83.0 Å². The maximum absolute atomic E-state index is 4.25. The molecule has 0 atom stereocenters. The second-order valence-corrected chi connectivity index (χ2v) is 2.89. The van der Waals surface area contributed by atoms with Crippen LogP contribution in [-0.2, 0) is 0 Å². The van der Waals surface area contributed by atoms with E-state index in [9.17, 15) is 0 Å². The van der Waals surface area contributed by atoms with E-state index in [1.807, 2.05) is 30.3 Å². The largest absolute Gasteiger partial charge is 0.255 e. The first kappa shape index (κ1) is 8.63. The first-order valence-electron chi connectivity index (χ1n) is 4.40. The highest BCUT2D eigenvalue weighted by atomic mass is 14.8. The molecule has 0 spiro atoms. The van der Waals surface area contributed by atoms with Gasteiger partial charge < -0.3 is 0 Å². The number of hydrogen-bond donors (Lipinski definition) is 0. The molecule has 0 aromatic carbocycles. The van der Waals surface area contributed by atoms with Gasteiger partial charge in [0.25, 0.3) is 0 Å². The lowest BCUT2D eigenvalue weighted by Gasteiger charge is -1.99. The van der Waals surface area contributed by atoms with Crippen LogP contribution in [0.25, 0.3) is 17.5 Å². The molecule has 0 fully saturated rings. The fraction of sp³-hybridized carbons (Fsp3) is 0. The van der Waals surface area contributed by atoms with Crippen molar-refractivity contribution in [3.63, 3.8) is 0 Å². The van der Waals surface area contributed by atoms with Crippen molar-refractivity contribution in [3.05, 3.63) is 54.9 Å². The first-order chi connectivity index (χ1) is 6.90. The van der Waals surface area contributed by atoms with E-state index in [4.69, 9.17) is 0 Å². The highest BCUT2D eigenvalue weighted by Gasteiger charge is 1.98. The first-order valence-corrected chi connectivity index (χ1v) is 4.40. The molecule has 0 saturated carbocycles. The molecule has 0 radical (unpaired) electrons. The SMILES string of the molecule is C=Cc1ccnc(-c2ccccn2)c1. The molecule has 68 valence electrons. The standard InChI is InChI=1S/C12H10N2/c1-2-10-6-8-14-12(9-10)11-5-3-4-7-13-11/h2-9H,1H2. The summed E-state index contributed by atoms with van der Waals surface area (Å²) in [5.41, 5.74) is 2.82. The Morgan fingerprint density at radius 3 is 2.57 bits per heavy atom. The van der Waals surface area contributed by atoms with Crippen LogP contribution in [0, 0.1) is 0 Å². The summed E-state index contributed by atoms with van der Waals surface area (Å²) in [6.07, 6.45) is 5.33. The third kappa shape index (κ3) is 1.69. The quantitative estimate of drug-likeness (QED) is 0.713. The Bertz CT molecular complexity index is 435. The lowest BCUT2D eigenvalue weighted by atomic mass is 10.2. The van der Waals surface area contributed by atoms with Crippen molar-refractivity contribution in [2.24, 2.45) is 0 Å². The monoisotopic (exact) mass is 182 g/mol. The number of aromatic nitrogens is 2. The van der Waals surface area contributed by atoms with Gasteiger partial charge in [0, 0.05) is 12.4 Å². The highest BCUT2D eigenvalue weighted by molar-refractivity contribution is 5.59. The summed E-state index contributed by atoms with van der Waals surface area (Å²) >= 11 is 0. The minimum atomic E-state index is 0.878. The molecule has 0 aliphatic carbocycles. The summed E-state index contributed by atoms with van der Waals surface area (Å²) in [5, 5.41) is 0. The number of hydrogen-bond acceptors (Lipinski definition) is 2. The summed E-state index contributed by atoms with van der Waals surface area (Å²) in [5.74, 6) is 0. The summed E-state index contributed by atoms with van der Waals surface area (Å²) < 4.78 is 0. The molecule has 2 rings (SSSR count). The lowest BCUT2D eigenvalue weighted by Crippen LogP contribution is -1.86. The van der Waals surface area contributed by atoms with E-state index < -0.39 is 0 Å². The van der Waals surface area contributed by atoms with E-state index in [2.05, 4.69) is 16.5 Å². The molecule has 2 aromatic heterocycles. The lowest BCUT2D eigenvalue weighted by molar-refractivity contribution is 1.24. The van der Waals surface area contributed by atoms with Gasteiger partial charge in [-0.3, -0.25) is 9.97 Å². The van der Waals surface area contributed by atoms with E-state index in [0.717, 1.165) is 17.0 Å². The molecular formula is C12H10N2. The summed E-state index contributed by atoms with van der Waals surface area (Å²) in [4.78, 5) is 8.47. The van der Waals surface area contributed by atoms with Crippen molar-refractivity contribution in [2.45, 2.75) is 0 Å². The van der Waals surface area contributed by atoms with Crippen LogP contribution >= 0.6 is 0 Å².